The second kappa shape index (κ2) is 15.1. The number of nitrogens with one attached hydrogen (secondary N) is 2. The molecule has 6 heterocycles. The first-order valence-corrected chi connectivity index (χ1v) is 18.0. The Morgan fingerprint density at radius 3 is 2.50 bits per heavy atom. The third-order valence-corrected chi connectivity index (χ3v) is 9.53. The third-order valence-electron chi connectivity index (χ3n) is 9.53. The van der Waals surface area contributed by atoms with E-state index < -0.39 is 41.1 Å². The van der Waals surface area contributed by atoms with Crippen molar-refractivity contribution in [2.24, 2.45) is 4.99 Å². The highest BCUT2D eigenvalue weighted by Gasteiger charge is 2.39. The molecule has 2 N–H and O–H groups in total. The van der Waals surface area contributed by atoms with Gasteiger partial charge in [-0.2, -0.15) is 31.4 Å². The van der Waals surface area contributed by atoms with E-state index in [2.05, 4.69) is 35.7 Å². The number of hydrazine groups is 1. The number of allylic oxidation sites excluding steroid dienone is 6. The van der Waals surface area contributed by atoms with E-state index in [4.69, 9.17) is 0 Å². The molecule has 0 fully saturated rings. The number of fused-ring (bicyclic) bond motifs is 2. The fourth-order valence-corrected chi connectivity index (χ4v) is 6.88. The average molecular weight is 827 g/mol. The highest BCUT2D eigenvalue weighted by molar-refractivity contribution is 6.26. The highest BCUT2D eigenvalue weighted by Crippen LogP contribution is 2.40. The number of aromatic nitrogens is 5. The minimum Gasteiger partial charge on any atom is -0.319 e. The molecule has 304 valence electrons. The number of benzene rings is 1. The van der Waals surface area contributed by atoms with Crippen LogP contribution in [-0.4, -0.2) is 58.4 Å². The van der Waals surface area contributed by atoms with Crippen molar-refractivity contribution < 1.29 is 40.3 Å². The summed E-state index contributed by atoms with van der Waals surface area (Å²) in [6, 6.07) is 10.9. The molecular weight excluding hydrogens is 798 g/mol. The number of hydrogen-bond acceptors (Lipinski definition) is 9. The van der Waals surface area contributed by atoms with Crippen LogP contribution >= 0.6 is 0 Å². The predicted octanol–water partition coefficient (Wildman–Crippen LogP) is 8.40. The third kappa shape index (κ3) is 7.63. The quantitative estimate of drug-likeness (QED) is 0.157. The van der Waals surface area contributed by atoms with Crippen molar-refractivity contribution in [2.75, 3.05) is 10.6 Å². The van der Waals surface area contributed by atoms with Crippen molar-refractivity contribution in [2.45, 2.75) is 39.2 Å². The van der Waals surface area contributed by atoms with E-state index >= 15 is 0 Å². The molecule has 8 rings (SSSR count). The molecule has 0 spiro atoms. The van der Waals surface area contributed by atoms with Crippen molar-refractivity contribution in [3.63, 3.8) is 0 Å². The molecule has 0 radical (unpaired) electrons. The van der Waals surface area contributed by atoms with Gasteiger partial charge in [-0.05, 0) is 79.5 Å². The molecule has 0 saturated carbocycles. The summed E-state index contributed by atoms with van der Waals surface area (Å²) in [5.41, 5.74) is -0.757. The summed E-state index contributed by atoms with van der Waals surface area (Å²) in [6.45, 7) is 3.31. The van der Waals surface area contributed by atoms with Crippen LogP contribution < -0.4 is 10.6 Å². The molecule has 3 aliphatic rings. The van der Waals surface area contributed by atoms with Gasteiger partial charge in [-0.1, -0.05) is 30.4 Å². The van der Waals surface area contributed by atoms with E-state index in [1.165, 1.54) is 72.3 Å². The van der Waals surface area contributed by atoms with Crippen LogP contribution in [0, 0.1) is 19.7 Å². The zero-order valence-corrected chi connectivity index (χ0v) is 31.3. The van der Waals surface area contributed by atoms with Gasteiger partial charge < -0.3 is 10.6 Å². The fraction of sp³-hybridized carbons (Fsp3) is 0.146. The fourth-order valence-electron chi connectivity index (χ4n) is 6.88. The maximum absolute atomic E-state index is 14.5. The maximum atomic E-state index is 14.5. The highest BCUT2D eigenvalue weighted by atomic mass is 19.4. The van der Waals surface area contributed by atoms with Gasteiger partial charge in [0.15, 0.2) is 23.0 Å². The van der Waals surface area contributed by atoms with Crippen LogP contribution in [0.15, 0.2) is 131 Å². The summed E-state index contributed by atoms with van der Waals surface area (Å²) in [4.78, 5) is 44.3. The van der Waals surface area contributed by atoms with Gasteiger partial charge in [0.1, 0.15) is 11.4 Å². The summed E-state index contributed by atoms with van der Waals surface area (Å²) in [5.74, 6) is -2.29. The molecule has 1 aromatic carbocycles. The lowest BCUT2D eigenvalue weighted by Gasteiger charge is -2.30. The number of carbonyl (C=O) groups excluding carboxylic acids is 2. The average Bonchev–Trinajstić information content (AvgIpc) is 3.80. The Kier molecular flexibility index (Phi) is 9.88. The zero-order chi connectivity index (χ0) is 42.5. The standard InChI is InChI=1S/C41H29F7N10O2/c1-22-15-33(26-8-4-6-10-29(26)41(46,47)48)55-58-34(19-50-36(22)58)39(60)54-35-17-24(16-23(2)51-35)20-56-21-27(38(59)53-32-11-13-49-18-30(32)42)37-52-31(12-14-57(37)56)25-7-3-5-9-28(25)40(43,44)45/h3-6,8-19,21H,7,20H2,1-2H3,(H,49,53,59)(H,51,54,60). The first-order chi connectivity index (χ1) is 28.5. The molecular formula is C41H29F7N10O2. The molecule has 2 amide bonds. The predicted molar refractivity (Wildman–Crippen MR) is 205 cm³/mol. The number of alkyl halides is 6. The van der Waals surface area contributed by atoms with Crippen molar-refractivity contribution in [1.82, 2.24) is 34.6 Å². The van der Waals surface area contributed by atoms with Crippen molar-refractivity contribution >= 4 is 34.8 Å². The van der Waals surface area contributed by atoms with Gasteiger partial charge in [0, 0.05) is 29.9 Å². The summed E-state index contributed by atoms with van der Waals surface area (Å²) in [5, 5.41) is 12.5. The normalized spacial score (nSPS) is 16.4. The van der Waals surface area contributed by atoms with E-state index in [9.17, 15) is 40.3 Å². The van der Waals surface area contributed by atoms with E-state index in [0.29, 0.717) is 16.8 Å². The Hall–Kier alpha value is -7.44. The number of rotatable bonds is 7. The Morgan fingerprint density at radius 2 is 1.73 bits per heavy atom. The number of nitrogens with zero attached hydrogens (tertiary/aromatic N) is 8. The summed E-state index contributed by atoms with van der Waals surface area (Å²) in [6.07, 6.45) is 2.09. The number of anilines is 2. The molecule has 60 heavy (non-hydrogen) atoms. The van der Waals surface area contributed by atoms with Gasteiger partial charge in [-0.15, -0.1) is 0 Å². The van der Waals surface area contributed by atoms with E-state index in [0.717, 1.165) is 22.9 Å². The molecule has 4 aromatic heterocycles. The molecule has 5 aromatic rings. The smallest absolute Gasteiger partial charge is 0.319 e. The van der Waals surface area contributed by atoms with Gasteiger partial charge in [0.05, 0.1) is 47.2 Å². The number of amides is 2. The van der Waals surface area contributed by atoms with Crippen molar-refractivity contribution in [3.05, 3.63) is 160 Å². The van der Waals surface area contributed by atoms with Crippen LogP contribution in [0.3, 0.4) is 0 Å². The SMILES string of the molecule is Cc1cc(CN2C=C(C(=O)Nc3ccncc3F)C3=NC(=C4CC=CC=C4C(F)(F)F)C=CN32)cc(NC(=O)c2cnc3c(C)cc(-c4ccccc4C(F)(F)F)nn23)n1. The monoisotopic (exact) mass is 826 g/mol. The Bertz CT molecular complexity index is 2800. The van der Waals surface area contributed by atoms with Crippen molar-refractivity contribution in [1.29, 1.82) is 0 Å². The van der Waals surface area contributed by atoms with Gasteiger partial charge in [0.25, 0.3) is 11.8 Å². The number of aliphatic imine (C=N–C) groups is 1. The molecule has 0 bridgehead atoms. The zero-order valence-electron chi connectivity index (χ0n) is 31.3. The maximum Gasteiger partial charge on any atom is 0.417 e. The number of halogens is 7. The van der Waals surface area contributed by atoms with Gasteiger partial charge in [0.2, 0.25) is 0 Å². The number of aryl methyl sites for hydroxylation is 2. The van der Waals surface area contributed by atoms with Crippen LogP contribution in [0.4, 0.5) is 42.2 Å². The van der Waals surface area contributed by atoms with Crippen LogP contribution in [0.2, 0.25) is 0 Å². The lowest BCUT2D eigenvalue weighted by molar-refractivity contribution is -0.137. The van der Waals surface area contributed by atoms with Gasteiger partial charge in [-0.25, -0.2) is 28.9 Å². The van der Waals surface area contributed by atoms with Crippen LogP contribution in [0.5, 0.6) is 0 Å². The van der Waals surface area contributed by atoms with E-state index in [1.807, 2.05) is 0 Å². The number of amidine groups is 1. The summed E-state index contributed by atoms with van der Waals surface area (Å²) < 4.78 is 99.4. The molecule has 0 saturated heterocycles. The Morgan fingerprint density at radius 1 is 0.933 bits per heavy atom. The minimum absolute atomic E-state index is 0.0106. The van der Waals surface area contributed by atoms with Crippen LogP contribution in [0.25, 0.3) is 16.9 Å². The molecule has 12 nitrogen and oxygen atoms in total. The van der Waals surface area contributed by atoms with E-state index in [-0.39, 0.29) is 69.7 Å². The molecule has 0 atom stereocenters. The Labute approximate surface area is 335 Å². The lowest BCUT2D eigenvalue weighted by Crippen LogP contribution is -2.36. The minimum atomic E-state index is -4.67. The number of carbonyl (C=O) groups is 2. The van der Waals surface area contributed by atoms with Gasteiger partial charge >= 0.3 is 12.4 Å². The number of imidazole rings is 1. The largest absolute Gasteiger partial charge is 0.417 e. The number of hydrogen-bond donors (Lipinski definition) is 2. The topological polar surface area (TPSA) is 133 Å². The summed E-state index contributed by atoms with van der Waals surface area (Å²) >= 11 is 0. The Balaban J connectivity index is 1.10. The van der Waals surface area contributed by atoms with Crippen LogP contribution in [-0.2, 0) is 17.5 Å². The lowest BCUT2D eigenvalue weighted by atomic mass is 9.95. The first kappa shape index (κ1) is 39.4. The van der Waals surface area contributed by atoms with Crippen LogP contribution in [0.1, 0.15) is 39.3 Å². The second-order valence-corrected chi connectivity index (χ2v) is 13.7. The molecule has 19 heteroatoms. The van der Waals surface area contributed by atoms with Crippen molar-refractivity contribution in [3.8, 4) is 11.3 Å². The molecule has 2 aliphatic heterocycles. The second-order valence-electron chi connectivity index (χ2n) is 13.7. The first-order valence-electron chi connectivity index (χ1n) is 18.0. The van der Waals surface area contributed by atoms with Gasteiger partial charge in [-0.3, -0.25) is 19.6 Å². The molecule has 1 aliphatic carbocycles. The summed E-state index contributed by atoms with van der Waals surface area (Å²) in [7, 11) is 0. The molecule has 0 unspecified atom stereocenters. The number of pyridine rings is 2. The van der Waals surface area contributed by atoms with E-state index in [1.54, 1.807) is 37.1 Å².